The Kier molecular flexibility index (Phi) is 5.06. The molecule has 0 heterocycles. The molecule has 0 amide bonds. The third-order valence-electron chi connectivity index (χ3n) is 2.66. The number of halogens is 1. The van der Waals surface area contributed by atoms with Crippen molar-refractivity contribution in [2.45, 2.75) is 33.7 Å². The fourth-order valence-electron chi connectivity index (χ4n) is 1.76. The van der Waals surface area contributed by atoms with Crippen LogP contribution in [0.3, 0.4) is 0 Å². The Morgan fingerprint density at radius 2 is 1.87 bits per heavy atom. The average Bonchev–Trinajstić information content (AvgIpc) is 2.14. The molecule has 84 valence electrons. The highest BCUT2D eigenvalue weighted by atomic mass is 127. The number of rotatable bonds is 4. The lowest BCUT2D eigenvalue weighted by Crippen LogP contribution is -2.19. The normalized spacial score (nSPS) is 11.1. The lowest BCUT2D eigenvalue weighted by Gasteiger charge is -2.18. The molecule has 1 nitrogen and oxygen atoms in total. The summed E-state index contributed by atoms with van der Waals surface area (Å²) in [6.07, 6.45) is 1.22. The molecule has 0 aliphatic carbocycles. The van der Waals surface area contributed by atoms with Crippen LogP contribution in [0.2, 0.25) is 0 Å². The molecule has 0 radical (unpaired) electrons. The van der Waals surface area contributed by atoms with Gasteiger partial charge in [0, 0.05) is 10.1 Å². The number of aryl methyl sites for hydroxylation is 2. The maximum atomic E-state index is 2.40. The summed E-state index contributed by atoms with van der Waals surface area (Å²) in [6.45, 7) is 8.85. The summed E-state index contributed by atoms with van der Waals surface area (Å²) in [5.41, 5.74) is 4.26. The highest BCUT2D eigenvalue weighted by molar-refractivity contribution is 14.1. The first-order chi connectivity index (χ1) is 7.04. The molecule has 0 saturated heterocycles. The minimum absolute atomic E-state index is 1.07. The number of hydrogen-bond acceptors (Lipinski definition) is 1. The summed E-state index contributed by atoms with van der Waals surface area (Å²) >= 11 is 2.40. The smallest absolute Gasteiger partial charge is 0.0233 e. The molecule has 1 aromatic rings. The highest BCUT2D eigenvalue weighted by Crippen LogP contribution is 2.18. The van der Waals surface area contributed by atoms with Gasteiger partial charge in [-0.05, 0) is 79.2 Å². The number of nitrogens with zero attached hydrogens (tertiary/aromatic N) is 1. The van der Waals surface area contributed by atoms with Crippen LogP contribution in [-0.4, -0.2) is 18.5 Å². The van der Waals surface area contributed by atoms with Crippen molar-refractivity contribution in [3.8, 4) is 0 Å². The molecule has 0 bridgehead atoms. The predicted molar refractivity (Wildman–Crippen MR) is 75.3 cm³/mol. The topological polar surface area (TPSA) is 3.24 Å². The van der Waals surface area contributed by atoms with Crippen molar-refractivity contribution in [2.24, 2.45) is 0 Å². The van der Waals surface area contributed by atoms with Crippen LogP contribution in [-0.2, 0) is 6.54 Å². The van der Waals surface area contributed by atoms with E-state index < -0.39 is 0 Å². The second-order valence-corrected chi connectivity index (χ2v) is 5.43. The minimum atomic E-state index is 1.07. The van der Waals surface area contributed by atoms with Gasteiger partial charge >= 0.3 is 0 Å². The second-order valence-electron chi connectivity index (χ2n) is 4.27. The van der Waals surface area contributed by atoms with Gasteiger partial charge in [0.1, 0.15) is 0 Å². The fraction of sp³-hybridized carbons (Fsp3) is 0.538. The first kappa shape index (κ1) is 13.0. The van der Waals surface area contributed by atoms with Gasteiger partial charge in [-0.3, -0.25) is 0 Å². The third-order valence-corrected chi connectivity index (χ3v) is 3.82. The SMILES string of the molecule is CCCN(C)Cc1cc(C)c(I)cc1C. The first-order valence-corrected chi connectivity index (χ1v) is 6.56. The molecule has 2 heteroatoms. The molecule has 0 aliphatic heterocycles. The van der Waals surface area contributed by atoms with Gasteiger partial charge < -0.3 is 4.90 Å². The Labute approximate surface area is 107 Å². The summed E-state index contributed by atoms with van der Waals surface area (Å²) in [5, 5.41) is 0. The van der Waals surface area contributed by atoms with E-state index >= 15 is 0 Å². The Balaban J connectivity index is 2.81. The summed E-state index contributed by atoms with van der Waals surface area (Å²) in [5.74, 6) is 0. The van der Waals surface area contributed by atoms with Gasteiger partial charge in [-0.25, -0.2) is 0 Å². The van der Waals surface area contributed by atoms with E-state index in [1.165, 1.54) is 33.2 Å². The van der Waals surface area contributed by atoms with Gasteiger partial charge in [0.25, 0.3) is 0 Å². The summed E-state index contributed by atoms with van der Waals surface area (Å²) in [6, 6.07) is 4.61. The zero-order valence-electron chi connectivity index (χ0n) is 10.1. The number of hydrogen-bond donors (Lipinski definition) is 0. The molecule has 0 atom stereocenters. The second kappa shape index (κ2) is 5.85. The van der Waals surface area contributed by atoms with Gasteiger partial charge in [-0.1, -0.05) is 13.0 Å². The minimum Gasteiger partial charge on any atom is -0.302 e. The molecule has 0 aliphatic rings. The largest absolute Gasteiger partial charge is 0.302 e. The van der Waals surface area contributed by atoms with E-state index in [0.29, 0.717) is 0 Å². The van der Waals surface area contributed by atoms with E-state index in [9.17, 15) is 0 Å². The molecule has 0 fully saturated rings. The van der Waals surface area contributed by atoms with Crippen LogP contribution in [0, 0.1) is 17.4 Å². The Bertz CT molecular complexity index is 334. The maximum absolute atomic E-state index is 2.40. The quantitative estimate of drug-likeness (QED) is 0.765. The fourth-order valence-corrected chi connectivity index (χ4v) is 2.39. The Hall–Kier alpha value is -0.0900. The van der Waals surface area contributed by atoms with Gasteiger partial charge in [0.2, 0.25) is 0 Å². The van der Waals surface area contributed by atoms with E-state index in [-0.39, 0.29) is 0 Å². The van der Waals surface area contributed by atoms with Gasteiger partial charge in [0.15, 0.2) is 0 Å². The summed E-state index contributed by atoms with van der Waals surface area (Å²) in [7, 11) is 2.19. The zero-order valence-corrected chi connectivity index (χ0v) is 12.3. The number of benzene rings is 1. The first-order valence-electron chi connectivity index (χ1n) is 5.48. The van der Waals surface area contributed by atoms with Gasteiger partial charge in [-0.2, -0.15) is 0 Å². The van der Waals surface area contributed by atoms with Crippen LogP contribution in [0.25, 0.3) is 0 Å². The van der Waals surface area contributed by atoms with Crippen LogP contribution in [0.5, 0.6) is 0 Å². The predicted octanol–water partition coefficient (Wildman–Crippen LogP) is 3.75. The van der Waals surface area contributed by atoms with E-state index in [4.69, 9.17) is 0 Å². The Morgan fingerprint density at radius 3 is 2.47 bits per heavy atom. The molecular weight excluding hydrogens is 297 g/mol. The molecule has 0 aromatic heterocycles. The standard InChI is InChI=1S/C13H20IN/c1-5-6-15(4)9-12-7-11(3)13(14)8-10(12)2/h7-8H,5-6,9H2,1-4H3. The maximum Gasteiger partial charge on any atom is 0.0233 e. The van der Waals surface area contributed by atoms with E-state index in [1.54, 1.807) is 0 Å². The van der Waals surface area contributed by atoms with Crippen molar-refractivity contribution in [3.63, 3.8) is 0 Å². The monoisotopic (exact) mass is 317 g/mol. The Morgan fingerprint density at radius 1 is 1.20 bits per heavy atom. The third kappa shape index (κ3) is 3.76. The van der Waals surface area contributed by atoms with Crippen molar-refractivity contribution < 1.29 is 0 Å². The lowest BCUT2D eigenvalue weighted by atomic mass is 10.1. The van der Waals surface area contributed by atoms with Crippen LogP contribution < -0.4 is 0 Å². The molecule has 0 saturated carbocycles. The molecule has 1 aromatic carbocycles. The average molecular weight is 317 g/mol. The summed E-state index contributed by atoms with van der Waals surface area (Å²) in [4.78, 5) is 2.38. The van der Waals surface area contributed by atoms with Crippen molar-refractivity contribution >= 4 is 22.6 Å². The molecule has 0 N–H and O–H groups in total. The highest BCUT2D eigenvalue weighted by Gasteiger charge is 2.05. The van der Waals surface area contributed by atoms with Gasteiger partial charge in [-0.15, -0.1) is 0 Å². The molecule has 15 heavy (non-hydrogen) atoms. The summed E-state index contributed by atoms with van der Waals surface area (Å²) < 4.78 is 1.37. The molecule has 0 unspecified atom stereocenters. The van der Waals surface area contributed by atoms with Crippen LogP contribution in [0.1, 0.15) is 30.0 Å². The van der Waals surface area contributed by atoms with Crippen molar-refractivity contribution in [1.82, 2.24) is 4.90 Å². The van der Waals surface area contributed by atoms with Crippen molar-refractivity contribution in [3.05, 3.63) is 32.4 Å². The van der Waals surface area contributed by atoms with E-state index in [0.717, 1.165) is 6.54 Å². The van der Waals surface area contributed by atoms with Crippen molar-refractivity contribution in [2.75, 3.05) is 13.6 Å². The lowest BCUT2D eigenvalue weighted by molar-refractivity contribution is 0.327. The molecule has 0 spiro atoms. The van der Waals surface area contributed by atoms with Crippen molar-refractivity contribution in [1.29, 1.82) is 0 Å². The van der Waals surface area contributed by atoms with E-state index in [1.807, 2.05) is 0 Å². The van der Waals surface area contributed by atoms with Crippen LogP contribution >= 0.6 is 22.6 Å². The van der Waals surface area contributed by atoms with Crippen LogP contribution in [0.15, 0.2) is 12.1 Å². The molecule has 1 rings (SSSR count). The van der Waals surface area contributed by atoms with Crippen LogP contribution in [0.4, 0.5) is 0 Å². The van der Waals surface area contributed by atoms with E-state index in [2.05, 4.69) is 67.4 Å². The van der Waals surface area contributed by atoms with Gasteiger partial charge in [0.05, 0.1) is 0 Å². The molecular formula is C13H20IN. The zero-order chi connectivity index (χ0) is 11.4.